The fourth-order valence-corrected chi connectivity index (χ4v) is 3.08. The van der Waals surface area contributed by atoms with Crippen LogP contribution in [0.15, 0.2) is 29.2 Å². The molecule has 0 spiro atoms. The summed E-state index contributed by atoms with van der Waals surface area (Å²) in [6.07, 6.45) is 3.31. The number of hydrogen-bond donors (Lipinski definition) is 0. The zero-order valence-electron chi connectivity index (χ0n) is 10.6. The largest absolute Gasteiger partial charge is 0.545 e. The number of carboxylic acid groups (broad SMARTS) is 1. The Kier molecular flexibility index (Phi) is 4.85. The summed E-state index contributed by atoms with van der Waals surface area (Å²) in [5.41, 5.74) is 0.152. The van der Waals surface area contributed by atoms with E-state index in [1.165, 1.54) is 24.2 Å². The lowest BCUT2D eigenvalue weighted by Crippen LogP contribution is -2.36. The number of nitrogens with zero attached hydrogens (tertiary/aromatic N) is 1. The molecule has 0 unspecified atom stereocenters. The van der Waals surface area contributed by atoms with Gasteiger partial charge in [0.2, 0.25) is 5.91 Å². The highest BCUT2D eigenvalue weighted by molar-refractivity contribution is 8.00. The van der Waals surface area contributed by atoms with E-state index in [4.69, 9.17) is 0 Å². The predicted octanol–water partition coefficient (Wildman–Crippen LogP) is 1.15. The van der Waals surface area contributed by atoms with Crippen molar-refractivity contribution in [1.29, 1.82) is 0 Å². The highest BCUT2D eigenvalue weighted by Gasteiger charge is 2.16. The Morgan fingerprint density at radius 1 is 1.16 bits per heavy atom. The number of carbonyl (C=O) groups is 2. The molecule has 0 bridgehead atoms. The van der Waals surface area contributed by atoms with E-state index in [-0.39, 0.29) is 17.2 Å². The zero-order chi connectivity index (χ0) is 13.7. The molecule has 1 aromatic carbocycles. The van der Waals surface area contributed by atoms with Crippen molar-refractivity contribution in [2.75, 3.05) is 18.8 Å². The first-order chi connectivity index (χ1) is 9.18. The maximum absolute atomic E-state index is 12.0. The Morgan fingerprint density at radius 3 is 2.53 bits per heavy atom. The maximum Gasteiger partial charge on any atom is 0.232 e. The first-order valence-electron chi connectivity index (χ1n) is 6.39. The van der Waals surface area contributed by atoms with E-state index in [2.05, 4.69) is 0 Å². The maximum atomic E-state index is 12.0. The fraction of sp³-hybridized carbons (Fsp3) is 0.429. The van der Waals surface area contributed by atoms with Gasteiger partial charge in [0.05, 0.1) is 11.7 Å². The molecule has 2 rings (SSSR count). The number of piperidine rings is 1. The predicted molar refractivity (Wildman–Crippen MR) is 71.9 cm³/mol. The van der Waals surface area contributed by atoms with Crippen LogP contribution in [-0.2, 0) is 4.79 Å². The molecule has 102 valence electrons. The Morgan fingerprint density at radius 2 is 1.84 bits per heavy atom. The van der Waals surface area contributed by atoms with Gasteiger partial charge in [-0.2, -0.15) is 0 Å². The Bertz CT molecular complexity index is 470. The van der Waals surface area contributed by atoms with E-state index in [0.29, 0.717) is 4.90 Å². The summed E-state index contributed by atoms with van der Waals surface area (Å²) in [4.78, 5) is 25.4. The molecule has 1 amide bonds. The van der Waals surface area contributed by atoms with Crippen LogP contribution in [0.2, 0.25) is 0 Å². The highest BCUT2D eigenvalue weighted by atomic mass is 32.2. The Hall–Kier alpha value is -1.49. The van der Waals surface area contributed by atoms with Crippen LogP contribution in [-0.4, -0.2) is 35.6 Å². The van der Waals surface area contributed by atoms with Crippen molar-refractivity contribution in [2.24, 2.45) is 0 Å². The summed E-state index contributed by atoms with van der Waals surface area (Å²) in [5, 5.41) is 10.9. The lowest BCUT2D eigenvalue weighted by molar-refractivity contribution is -0.255. The van der Waals surface area contributed by atoms with Crippen LogP contribution in [0.4, 0.5) is 0 Å². The van der Waals surface area contributed by atoms with Gasteiger partial charge in [-0.1, -0.05) is 18.2 Å². The van der Waals surface area contributed by atoms with E-state index < -0.39 is 5.97 Å². The molecule has 0 radical (unpaired) electrons. The van der Waals surface area contributed by atoms with Gasteiger partial charge in [-0.3, -0.25) is 4.79 Å². The topological polar surface area (TPSA) is 60.4 Å². The number of carboxylic acids is 1. The second-order valence-electron chi connectivity index (χ2n) is 4.51. The summed E-state index contributed by atoms with van der Waals surface area (Å²) < 4.78 is 0. The number of amides is 1. The number of likely N-dealkylation sites (tertiary alicyclic amines) is 1. The summed E-state index contributed by atoms with van der Waals surface area (Å²) in [6.45, 7) is 1.64. The van der Waals surface area contributed by atoms with Crippen LogP contribution in [0.1, 0.15) is 29.6 Å². The summed E-state index contributed by atoms with van der Waals surface area (Å²) >= 11 is 1.27. The minimum Gasteiger partial charge on any atom is -0.545 e. The lowest BCUT2D eigenvalue weighted by atomic mass is 10.1. The minimum absolute atomic E-state index is 0.0813. The van der Waals surface area contributed by atoms with Gasteiger partial charge in [0, 0.05) is 23.5 Å². The van der Waals surface area contributed by atoms with Gasteiger partial charge in [-0.05, 0) is 25.3 Å². The minimum atomic E-state index is -1.20. The molecule has 0 N–H and O–H groups in total. The quantitative estimate of drug-likeness (QED) is 0.775. The summed E-state index contributed by atoms with van der Waals surface area (Å²) in [5.74, 6) is -0.837. The van der Waals surface area contributed by atoms with E-state index in [1.807, 2.05) is 4.90 Å². The summed E-state index contributed by atoms with van der Waals surface area (Å²) in [6, 6.07) is 6.63. The van der Waals surface area contributed by atoms with Crippen molar-refractivity contribution in [3.63, 3.8) is 0 Å². The van der Waals surface area contributed by atoms with Gasteiger partial charge in [-0.15, -0.1) is 11.8 Å². The molecule has 1 aliphatic rings. The van der Waals surface area contributed by atoms with E-state index >= 15 is 0 Å². The van der Waals surface area contributed by atoms with Gasteiger partial charge in [0.25, 0.3) is 0 Å². The van der Waals surface area contributed by atoms with Crippen LogP contribution < -0.4 is 5.11 Å². The SMILES string of the molecule is O=C([O-])c1ccccc1SCC(=O)N1CCCCC1. The second kappa shape index (κ2) is 6.61. The molecule has 0 aliphatic carbocycles. The third-order valence-electron chi connectivity index (χ3n) is 3.17. The van der Waals surface area contributed by atoms with Crippen molar-refractivity contribution < 1.29 is 14.7 Å². The standard InChI is InChI=1S/C14H17NO3S/c16-13(15-8-4-1-5-9-15)10-19-12-7-3-2-6-11(12)14(17)18/h2-3,6-7H,1,4-5,8-10H2,(H,17,18)/p-1. The number of thioether (sulfide) groups is 1. The molecule has 0 saturated carbocycles. The van der Waals surface area contributed by atoms with Crippen molar-refractivity contribution in [3.8, 4) is 0 Å². The molecule has 4 nitrogen and oxygen atoms in total. The molecule has 1 heterocycles. The van der Waals surface area contributed by atoms with Crippen molar-refractivity contribution in [2.45, 2.75) is 24.2 Å². The smallest absolute Gasteiger partial charge is 0.232 e. The number of rotatable bonds is 4. The van der Waals surface area contributed by atoms with Gasteiger partial charge < -0.3 is 14.8 Å². The van der Waals surface area contributed by atoms with E-state index in [9.17, 15) is 14.7 Å². The van der Waals surface area contributed by atoms with Crippen molar-refractivity contribution >= 4 is 23.6 Å². The molecular formula is C14H16NO3S-. The molecule has 0 atom stereocenters. The molecule has 1 saturated heterocycles. The number of carbonyl (C=O) groups excluding carboxylic acids is 2. The van der Waals surface area contributed by atoms with Gasteiger partial charge in [0.15, 0.2) is 0 Å². The lowest BCUT2D eigenvalue weighted by Gasteiger charge is -2.26. The van der Waals surface area contributed by atoms with Crippen LogP contribution >= 0.6 is 11.8 Å². The van der Waals surface area contributed by atoms with E-state index in [0.717, 1.165) is 25.9 Å². The first kappa shape index (κ1) is 13.9. The van der Waals surface area contributed by atoms with Crippen molar-refractivity contribution in [3.05, 3.63) is 29.8 Å². The van der Waals surface area contributed by atoms with Gasteiger partial charge in [0.1, 0.15) is 0 Å². The Balaban J connectivity index is 1.94. The molecule has 0 aromatic heterocycles. The van der Waals surface area contributed by atoms with Gasteiger partial charge >= 0.3 is 0 Å². The molecule has 5 heteroatoms. The monoisotopic (exact) mass is 278 g/mol. The van der Waals surface area contributed by atoms with Crippen LogP contribution in [0.3, 0.4) is 0 Å². The van der Waals surface area contributed by atoms with Gasteiger partial charge in [-0.25, -0.2) is 0 Å². The normalized spacial score (nSPS) is 15.3. The fourth-order valence-electron chi connectivity index (χ4n) is 2.14. The molecule has 1 fully saturated rings. The van der Waals surface area contributed by atoms with Crippen LogP contribution in [0, 0.1) is 0 Å². The second-order valence-corrected chi connectivity index (χ2v) is 5.53. The average molecular weight is 278 g/mol. The highest BCUT2D eigenvalue weighted by Crippen LogP contribution is 2.23. The molecule has 19 heavy (non-hydrogen) atoms. The summed E-state index contributed by atoms with van der Waals surface area (Å²) in [7, 11) is 0. The third kappa shape index (κ3) is 3.73. The van der Waals surface area contributed by atoms with Crippen LogP contribution in [0.25, 0.3) is 0 Å². The average Bonchev–Trinajstić information content (AvgIpc) is 2.46. The molecule has 1 aliphatic heterocycles. The number of benzene rings is 1. The zero-order valence-corrected chi connectivity index (χ0v) is 11.4. The van der Waals surface area contributed by atoms with E-state index in [1.54, 1.807) is 18.2 Å². The third-order valence-corrected chi connectivity index (χ3v) is 4.23. The molecular weight excluding hydrogens is 262 g/mol. The number of hydrogen-bond acceptors (Lipinski definition) is 4. The first-order valence-corrected chi connectivity index (χ1v) is 7.38. The van der Waals surface area contributed by atoms with Crippen molar-refractivity contribution in [1.82, 2.24) is 4.90 Å². The Labute approximate surface area is 116 Å². The number of aromatic carboxylic acids is 1. The van der Waals surface area contributed by atoms with Crippen LogP contribution in [0.5, 0.6) is 0 Å². The molecule has 1 aromatic rings.